The number of piperidine rings is 1. The summed E-state index contributed by atoms with van der Waals surface area (Å²) in [5.41, 5.74) is 3.35. The van der Waals surface area contributed by atoms with Gasteiger partial charge in [0.1, 0.15) is 12.2 Å². The van der Waals surface area contributed by atoms with Crippen molar-refractivity contribution in [1.82, 2.24) is 14.8 Å². The molecule has 3 aliphatic heterocycles. The molecule has 2 aliphatic carbocycles. The number of phenolic OH excluding ortho intramolecular Hbond substituents is 1. The summed E-state index contributed by atoms with van der Waals surface area (Å²) >= 11 is 0. The summed E-state index contributed by atoms with van der Waals surface area (Å²) < 4.78 is 12.8. The SMILES string of the molecule is CN1CCC23c4c5ccc(O)c4O[C@H]2[C@@H](OC(=O)N2CCC[C@H]2c2cccnc2)CC[C@H]3[C@H]1C5. The molecular weight excluding hydrogens is 430 g/mol. The van der Waals surface area contributed by atoms with Gasteiger partial charge < -0.3 is 24.4 Å². The minimum absolute atomic E-state index is 0.00966. The van der Waals surface area contributed by atoms with Gasteiger partial charge in [0.05, 0.1) is 6.04 Å². The summed E-state index contributed by atoms with van der Waals surface area (Å²) in [5.74, 6) is 1.30. The number of likely N-dealkylation sites (N-methyl/N-ethyl adjacent to an activating group) is 1. The number of amides is 1. The van der Waals surface area contributed by atoms with E-state index in [9.17, 15) is 9.90 Å². The van der Waals surface area contributed by atoms with E-state index in [0.29, 0.717) is 24.3 Å². The molecule has 1 N–H and O–H groups in total. The van der Waals surface area contributed by atoms with Crippen LogP contribution in [0.1, 0.15) is 54.8 Å². The maximum Gasteiger partial charge on any atom is 0.410 e. The van der Waals surface area contributed by atoms with E-state index in [1.807, 2.05) is 23.2 Å². The van der Waals surface area contributed by atoms with Gasteiger partial charge >= 0.3 is 6.09 Å². The molecule has 34 heavy (non-hydrogen) atoms. The van der Waals surface area contributed by atoms with Gasteiger partial charge in [0, 0.05) is 36.0 Å². The molecule has 1 spiro atoms. The molecule has 2 aromatic rings. The number of pyridine rings is 1. The standard InChI is InChI=1S/C27H31N3O4/c1-29-13-10-27-18-7-9-22(25(27)34-24-21(31)8-6-16(23(24)27)14-20(18)29)33-26(32)30-12-3-5-19(30)17-4-2-11-28-15-17/h2,4,6,8,11,15,18-20,22,25,31H,3,5,7,9-10,12-14H2,1H3/t18-,19-,20+,22-,25-,27?/m0/s1. The van der Waals surface area contributed by atoms with Gasteiger partial charge in [-0.2, -0.15) is 0 Å². The van der Waals surface area contributed by atoms with Gasteiger partial charge in [-0.3, -0.25) is 4.98 Å². The molecule has 2 saturated heterocycles. The molecule has 0 radical (unpaired) electrons. The first-order valence-corrected chi connectivity index (χ1v) is 12.7. The molecule has 2 bridgehead atoms. The highest BCUT2D eigenvalue weighted by Gasteiger charge is 2.66. The van der Waals surface area contributed by atoms with Gasteiger partial charge in [-0.25, -0.2) is 4.79 Å². The predicted molar refractivity (Wildman–Crippen MR) is 125 cm³/mol. The van der Waals surface area contributed by atoms with Crippen molar-refractivity contribution in [3.8, 4) is 11.5 Å². The lowest BCUT2D eigenvalue weighted by atomic mass is 9.51. The Balaban J connectivity index is 1.21. The van der Waals surface area contributed by atoms with Crippen LogP contribution in [0.3, 0.4) is 0 Å². The second-order valence-corrected chi connectivity index (χ2v) is 10.8. The van der Waals surface area contributed by atoms with Crippen LogP contribution in [0.5, 0.6) is 11.5 Å². The van der Waals surface area contributed by atoms with E-state index in [1.165, 1.54) is 11.1 Å². The lowest BCUT2D eigenvalue weighted by Crippen LogP contribution is -2.66. The van der Waals surface area contributed by atoms with E-state index in [-0.39, 0.29) is 35.5 Å². The van der Waals surface area contributed by atoms with Crippen molar-refractivity contribution in [2.75, 3.05) is 20.1 Å². The Labute approximate surface area is 199 Å². The van der Waals surface area contributed by atoms with Crippen LogP contribution in [0.4, 0.5) is 4.79 Å². The number of ether oxygens (including phenoxy) is 2. The highest BCUT2D eigenvalue weighted by molar-refractivity contribution is 5.69. The van der Waals surface area contributed by atoms with Crippen LogP contribution in [-0.2, 0) is 16.6 Å². The smallest absolute Gasteiger partial charge is 0.410 e. The van der Waals surface area contributed by atoms with Gasteiger partial charge in [-0.15, -0.1) is 0 Å². The lowest BCUT2D eigenvalue weighted by Gasteiger charge is -2.58. The zero-order chi connectivity index (χ0) is 23.0. The fourth-order valence-corrected chi connectivity index (χ4v) is 7.91. The highest BCUT2D eigenvalue weighted by atomic mass is 16.6. The van der Waals surface area contributed by atoms with Crippen molar-refractivity contribution in [1.29, 1.82) is 0 Å². The first kappa shape index (κ1) is 20.6. The van der Waals surface area contributed by atoms with Crippen molar-refractivity contribution < 1.29 is 19.4 Å². The maximum absolute atomic E-state index is 13.5. The molecule has 7 rings (SSSR count). The van der Waals surface area contributed by atoms with Gasteiger partial charge in [-0.05, 0) is 81.3 Å². The summed E-state index contributed by atoms with van der Waals surface area (Å²) in [6.45, 7) is 1.69. The third-order valence-electron chi connectivity index (χ3n) is 9.35. The number of likely N-dealkylation sites (tertiary alicyclic amines) is 2. The summed E-state index contributed by atoms with van der Waals surface area (Å²) in [5, 5.41) is 10.7. The minimum Gasteiger partial charge on any atom is -0.504 e. The number of rotatable bonds is 2. The molecular formula is C27H31N3O4. The molecule has 1 unspecified atom stereocenters. The Bertz CT molecular complexity index is 1140. The number of hydrogen-bond donors (Lipinski definition) is 1. The minimum atomic E-state index is -0.319. The van der Waals surface area contributed by atoms with E-state index >= 15 is 0 Å². The Morgan fingerprint density at radius 2 is 2.15 bits per heavy atom. The Morgan fingerprint density at radius 1 is 1.24 bits per heavy atom. The number of aromatic hydroxyl groups is 1. The van der Waals surface area contributed by atoms with Crippen LogP contribution in [0.25, 0.3) is 0 Å². The summed E-state index contributed by atoms with van der Waals surface area (Å²) in [6.07, 6.45) is 8.44. The molecule has 178 valence electrons. The van der Waals surface area contributed by atoms with Gasteiger partial charge in [0.2, 0.25) is 0 Å². The van der Waals surface area contributed by atoms with Crippen molar-refractivity contribution in [3.63, 3.8) is 0 Å². The number of carbonyl (C=O) groups is 1. The number of nitrogens with zero attached hydrogens (tertiary/aromatic N) is 3. The third kappa shape index (κ3) is 2.67. The molecule has 4 heterocycles. The van der Waals surface area contributed by atoms with Crippen molar-refractivity contribution in [3.05, 3.63) is 53.3 Å². The Kier molecular flexibility index (Phi) is 4.44. The van der Waals surface area contributed by atoms with Crippen molar-refractivity contribution >= 4 is 6.09 Å². The molecule has 7 nitrogen and oxygen atoms in total. The van der Waals surface area contributed by atoms with Gasteiger partial charge in [0.25, 0.3) is 0 Å². The van der Waals surface area contributed by atoms with Crippen molar-refractivity contribution in [2.45, 2.75) is 68.2 Å². The molecule has 6 atom stereocenters. The van der Waals surface area contributed by atoms with Crippen LogP contribution < -0.4 is 4.74 Å². The van der Waals surface area contributed by atoms with Crippen LogP contribution in [0.2, 0.25) is 0 Å². The molecule has 3 fully saturated rings. The molecule has 1 amide bonds. The van der Waals surface area contributed by atoms with E-state index in [4.69, 9.17) is 9.47 Å². The topological polar surface area (TPSA) is 75.1 Å². The number of carbonyl (C=O) groups excluding carboxylic acids is 1. The van der Waals surface area contributed by atoms with E-state index in [2.05, 4.69) is 23.0 Å². The van der Waals surface area contributed by atoms with Gasteiger partial charge in [0.15, 0.2) is 11.5 Å². The number of aromatic nitrogens is 1. The van der Waals surface area contributed by atoms with Gasteiger partial charge in [-0.1, -0.05) is 12.1 Å². The largest absolute Gasteiger partial charge is 0.504 e. The lowest BCUT2D eigenvalue weighted by molar-refractivity contribution is -0.106. The van der Waals surface area contributed by atoms with Crippen LogP contribution in [0, 0.1) is 5.92 Å². The molecule has 1 aromatic heterocycles. The zero-order valence-electron chi connectivity index (χ0n) is 19.5. The number of benzene rings is 1. The fraction of sp³-hybridized carbons (Fsp3) is 0.556. The molecule has 1 aromatic carbocycles. The molecule has 7 heteroatoms. The van der Waals surface area contributed by atoms with Crippen LogP contribution in [0.15, 0.2) is 36.7 Å². The number of hydrogen-bond acceptors (Lipinski definition) is 6. The summed E-state index contributed by atoms with van der Waals surface area (Å²) in [6, 6.07) is 8.27. The van der Waals surface area contributed by atoms with E-state index in [0.717, 1.165) is 50.6 Å². The van der Waals surface area contributed by atoms with Crippen LogP contribution in [-0.4, -0.2) is 64.4 Å². The van der Waals surface area contributed by atoms with Crippen LogP contribution >= 0.6 is 0 Å². The average molecular weight is 462 g/mol. The average Bonchev–Trinajstić information content (AvgIpc) is 3.48. The summed E-state index contributed by atoms with van der Waals surface area (Å²) in [7, 11) is 2.23. The monoisotopic (exact) mass is 461 g/mol. The molecule has 1 saturated carbocycles. The van der Waals surface area contributed by atoms with E-state index < -0.39 is 0 Å². The predicted octanol–water partition coefficient (Wildman–Crippen LogP) is 3.80. The highest BCUT2D eigenvalue weighted by Crippen LogP contribution is 2.64. The Hall–Kier alpha value is -2.80. The Morgan fingerprint density at radius 3 is 3.00 bits per heavy atom. The quantitative estimate of drug-likeness (QED) is 0.733. The fourth-order valence-electron chi connectivity index (χ4n) is 7.91. The van der Waals surface area contributed by atoms with Crippen molar-refractivity contribution in [2.24, 2.45) is 5.92 Å². The maximum atomic E-state index is 13.5. The second kappa shape index (κ2) is 7.35. The first-order valence-electron chi connectivity index (χ1n) is 12.7. The second-order valence-electron chi connectivity index (χ2n) is 10.8. The summed E-state index contributed by atoms with van der Waals surface area (Å²) in [4.78, 5) is 22.1. The number of phenols is 1. The molecule has 5 aliphatic rings. The van der Waals surface area contributed by atoms with E-state index in [1.54, 1.807) is 12.3 Å². The third-order valence-corrected chi connectivity index (χ3v) is 9.35. The normalized spacial score (nSPS) is 35.6. The first-order chi connectivity index (χ1) is 16.6. The zero-order valence-corrected chi connectivity index (χ0v) is 19.5.